The van der Waals surface area contributed by atoms with E-state index < -0.39 is 6.10 Å². The Hall–Kier alpha value is -0.440. The van der Waals surface area contributed by atoms with Crippen molar-refractivity contribution >= 4 is 0 Å². The highest BCUT2D eigenvalue weighted by molar-refractivity contribution is 4.56. The molecule has 11 heteroatoms. The molecule has 0 saturated heterocycles. The Balaban J connectivity index is 3.70. The van der Waals surface area contributed by atoms with Gasteiger partial charge in [0.25, 0.3) is 0 Å². The summed E-state index contributed by atoms with van der Waals surface area (Å²) in [5, 5.41) is 34.0. The quantitative estimate of drug-likeness (QED) is 0.115. The van der Waals surface area contributed by atoms with Gasteiger partial charge in [-0.3, -0.25) is 10.5 Å². The van der Waals surface area contributed by atoms with Gasteiger partial charge in [-0.05, 0) is 0 Å². The van der Waals surface area contributed by atoms with Gasteiger partial charge in [-0.2, -0.15) is 0 Å². The number of rotatable bonds is 20. The van der Waals surface area contributed by atoms with Crippen molar-refractivity contribution in [2.45, 2.75) is 12.2 Å². The summed E-state index contributed by atoms with van der Waals surface area (Å²) in [6.45, 7) is 1.67. The number of hydrogen-bond acceptors (Lipinski definition) is 11. The Morgan fingerprint density at radius 1 is 0.520 bits per heavy atom. The van der Waals surface area contributed by atoms with Gasteiger partial charge in [0.2, 0.25) is 0 Å². The average Bonchev–Trinajstić information content (AvgIpc) is 2.61. The average molecular weight is 374 g/mol. The van der Waals surface area contributed by atoms with Crippen LogP contribution in [0.1, 0.15) is 0 Å². The molecule has 0 aromatic carbocycles. The number of ether oxygens (including phenoxy) is 5. The van der Waals surface area contributed by atoms with Crippen LogP contribution in [0.2, 0.25) is 0 Å². The molecule has 0 unspecified atom stereocenters. The predicted octanol–water partition coefficient (Wildman–Crippen LogP) is -1.23. The van der Waals surface area contributed by atoms with E-state index in [2.05, 4.69) is 9.78 Å². The predicted molar refractivity (Wildman–Crippen MR) is 83.3 cm³/mol. The minimum Gasteiger partial charge on any atom is -0.394 e. The molecule has 11 nitrogen and oxygen atoms in total. The Labute approximate surface area is 146 Å². The van der Waals surface area contributed by atoms with Crippen molar-refractivity contribution in [3.63, 3.8) is 0 Å². The maximum Gasteiger partial charge on any atom is 0.111 e. The maximum absolute atomic E-state index is 8.69. The van der Waals surface area contributed by atoms with Gasteiger partial charge >= 0.3 is 0 Å². The van der Waals surface area contributed by atoms with Crippen molar-refractivity contribution in [2.75, 3.05) is 79.3 Å². The van der Waals surface area contributed by atoms with E-state index in [1.165, 1.54) is 0 Å². The minimum absolute atomic E-state index is 0.0725. The first-order valence-electron chi connectivity index (χ1n) is 7.99. The molecule has 0 heterocycles. The molecule has 25 heavy (non-hydrogen) atoms. The summed E-state index contributed by atoms with van der Waals surface area (Å²) in [7, 11) is 0. The number of aliphatic hydroxyl groups excluding tert-OH is 2. The van der Waals surface area contributed by atoms with Gasteiger partial charge in [0.1, 0.15) is 25.4 Å². The first kappa shape index (κ1) is 24.6. The van der Waals surface area contributed by atoms with E-state index in [1.54, 1.807) is 0 Å². The van der Waals surface area contributed by atoms with Gasteiger partial charge < -0.3 is 33.9 Å². The second kappa shape index (κ2) is 19.9. The molecule has 0 aliphatic rings. The largest absolute Gasteiger partial charge is 0.394 e. The van der Waals surface area contributed by atoms with Crippen LogP contribution in [0.4, 0.5) is 0 Å². The lowest BCUT2D eigenvalue weighted by Gasteiger charge is -2.18. The fourth-order valence-electron chi connectivity index (χ4n) is 1.66. The highest BCUT2D eigenvalue weighted by Gasteiger charge is 2.11. The van der Waals surface area contributed by atoms with Gasteiger partial charge in [-0.1, -0.05) is 0 Å². The fourth-order valence-corrected chi connectivity index (χ4v) is 1.66. The minimum atomic E-state index is -0.605. The van der Waals surface area contributed by atoms with Crippen molar-refractivity contribution < 1.29 is 54.2 Å². The smallest absolute Gasteiger partial charge is 0.111 e. The van der Waals surface area contributed by atoms with Crippen LogP contribution in [0.15, 0.2) is 0 Å². The molecule has 0 aromatic rings. The van der Waals surface area contributed by atoms with Gasteiger partial charge in [0.15, 0.2) is 0 Å². The van der Waals surface area contributed by atoms with Gasteiger partial charge in [-0.15, -0.1) is 0 Å². The lowest BCUT2D eigenvalue weighted by Crippen LogP contribution is -2.29. The SMILES string of the molecule is OCCOCC(COCCO)OCCOCCOC(COO)COO. The number of aliphatic hydroxyl groups is 2. The molecule has 0 aliphatic heterocycles. The molecule has 152 valence electrons. The third-order valence-corrected chi connectivity index (χ3v) is 2.76. The third kappa shape index (κ3) is 16.8. The number of hydrogen-bond donors (Lipinski definition) is 4. The van der Waals surface area contributed by atoms with Crippen LogP contribution in [-0.4, -0.2) is 112 Å². The molecule has 0 atom stereocenters. The van der Waals surface area contributed by atoms with Crippen LogP contribution < -0.4 is 0 Å². The zero-order valence-electron chi connectivity index (χ0n) is 14.3. The third-order valence-electron chi connectivity index (χ3n) is 2.76. The van der Waals surface area contributed by atoms with Crippen molar-refractivity contribution in [3.8, 4) is 0 Å². The molecule has 0 bridgehead atoms. The Kier molecular flexibility index (Phi) is 19.5. The van der Waals surface area contributed by atoms with E-state index in [1.807, 2.05) is 0 Å². The molecule has 0 radical (unpaired) electrons. The lowest BCUT2D eigenvalue weighted by atomic mass is 10.4. The normalized spacial score (nSPS) is 11.8. The molecular formula is C14H30O11. The van der Waals surface area contributed by atoms with Crippen molar-refractivity contribution in [3.05, 3.63) is 0 Å². The van der Waals surface area contributed by atoms with E-state index in [0.717, 1.165) is 0 Å². The van der Waals surface area contributed by atoms with E-state index in [4.69, 9.17) is 44.4 Å². The summed E-state index contributed by atoms with van der Waals surface area (Å²) in [4.78, 5) is 7.85. The van der Waals surface area contributed by atoms with Crippen LogP contribution in [0, 0.1) is 0 Å². The van der Waals surface area contributed by atoms with Gasteiger partial charge in [0, 0.05) is 0 Å². The zero-order chi connectivity index (χ0) is 18.6. The van der Waals surface area contributed by atoms with Gasteiger partial charge in [-0.25, -0.2) is 9.78 Å². The van der Waals surface area contributed by atoms with Gasteiger partial charge in [0.05, 0.1) is 66.1 Å². The summed E-state index contributed by atoms with van der Waals surface area (Å²) in [6.07, 6.45) is -0.933. The summed E-state index contributed by atoms with van der Waals surface area (Å²) in [5.41, 5.74) is 0. The Morgan fingerprint density at radius 2 is 0.960 bits per heavy atom. The standard InChI is InChI=1S/C14H30O11/c15-1-3-20-9-13(10-21-4-2-16)22-7-5-19-6-8-23-14(11-24-17)12-25-18/h13-18H,1-12H2. The first-order valence-corrected chi connectivity index (χ1v) is 7.99. The molecule has 0 fully saturated rings. The monoisotopic (exact) mass is 374 g/mol. The summed E-state index contributed by atoms with van der Waals surface area (Å²) >= 11 is 0. The highest BCUT2D eigenvalue weighted by atomic mass is 17.1. The van der Waals surface area contributed by atoms with E-state index in [0.29, 0.717) is 13.2 Å². The summed E-state index contributed by atoms with van der Waals surface area (Å²) < 4.78 is 26.5. The van der Waals surface area contributed by atoms with E-state index in [9.17, 15) is 0 Å². The fraction of sp³-hybridized carbons (Fsp3) is 1.00. The first-order chi connectivity index (χ1) is 12.3. The van der Waals surface area contributed by atoms with Crippen molar-refractivity contribution in [1.82, 2.24) is 0 Å². The molecule has 0 aliphatic carbocycles. The zero-order valence-corrected chi connectivity index (χ0v) is 14.3. The molecular weight excluding hydrogens is 344 g/mol. The molecule has 0 saturated carbocycles. The van der Waals surface area contributed by atoms with Crippen LogP contribution in [0.5, 0.6) is 0 Å². The highest BCUT2D eigenvalue weighted by Crippen LogP contribution is 1.97. The van der Waals surface area contributed by atoms with Crippen LogP contribution in [-0.2, 0) is 33.5 Å². The van der Waals surface area contributed by atoms with Crippen LogP contribution in [0.3, 0.4) is 0 Å². The summed E-state index contributed by atoms with van der Waals surface area (Å²) in [5.74, 6) is 0. The molecule has 0 rings (SSSR count). The van der Waals surface area contributed by atoms with Crippen LogP contribution >= 0.6 is 0 Å². The lowest BCUT2D eigenvalue weighted by molar-refractivity contribution is -0.295. The summed E-state index contributed by atoms with van der Waals surface area (Å²) in [6, 6.07) is 0. The van der Waals surface area contributed by atoms with E-state index in [-0.39, 0.29) is 72.2 Å². The second-order valence-corrected chi connectivity index (χ2v) is 4.79. The molecule has 0 amide bonds. The molecule has 0 spiro atoms. The molecule has 0 aromatic heterocycles. The molecule has 4 N–H and O–H groups in total. The Bertz CT molecular complexity index is 241. The van der Waals surface area contributed by atoms with Crippen molar-refractivity contribution in [2.24, 2.45) is 0 Å². The Morgan fingerprint density at radius 3 is 1.36 bits per heavy atom. The van der Waals surface area contributed by atoms with E-state index >= 15 is 0 Å². The maximum atomic E-state index is 8.69. The topological polar surface area (TPSA) is 146 Å². The van der Waals surface area contributed by atoms with Crippen molar-refractivity contribution in [1.29, 1.82) is 0 Å². The van der Waals surface area contributed by atoms with Crippen LogP contribution in [0.25, 0.3) is 0 Å². The second-order valence-electron chi connectivity index (χ2n) is 4.79.